The van der Waals surface area contributed by atoms with Gasteiger partial charge in [-0.1, -0.05) is 0 Å². The highest BCUT2D eigenvalue weighted by Gasteiger charge is 2.35. The normalized spacial score (nSPS) is 23.4. The lowest BCUT2D eigenvalue weighted by molar-refractivity contribution is 0.164. The lowest BCUT2D eigenvalue weighted by Crippen LogP contribution is -2.56. The van der Waals surface area contributed by atoms with E-state index < -0.39 is 10.0 Å². The van der Waals surface area contributed by atoms with Gasteiger partial charge in [0.1, 0.15) is 4.21 Å². The minimum atomic E-state index is -3.38. The van der Waals surface area contributed by atoms with Gasteiger partial charge in [-0.3, -0.25) is 0 Å². The maximum Gasteiger partial charge on any atom is 0.252 e. The largest absolute Gasteiger partial charge is 0.329 e. The van der Waals surface area contributed by atoms with E-state index in [1.807, 2.05) is 20.0 Å². The van der Waals surface area contributed by atoms with E-state index in [9.17, 15) is 8.42 Å². The summed E-state index contributed by atoms with van der Waals surface area (Å²) in [6.45, 7) is 4.22. The summed E-state index contributed by atoms with van der Waals surface area (Å²) in [7, 11) is -1.39. The summed E-state index contributed by atoms with van der Waals surface area (Å²) in [4.78, 5) is 3.12. The van der Waals surface area contributed by atoms with Gasteiger partial charge in [0, 0.05) is 31.1 Å². The topological polar surface area (TPSA) is 66.6 Å². The average molecular weight is 289 g/mol. The minimum Gasteiger partial charge on any atom is -0.329 e. The van der Waals surface area contributed by atoms with Crippen LogP contribution in [0.3, 0.4) is 0 Å². The number of rotatable bonds is 3. The quantitative estimate of drug-likeness (QED) is 0.870. The second-order valence-electron chi connectivity index (χ2n) is 4.63. The van der Waals surface area contributed by atoms with Crippen LogP contribution in [0.1, 0.15) is 4.88 Å². The first-order chi connectivity index (χ1) is 8.45. The lowest BCUT2D eigenvalue weighted by Gasteiger charge is -2.38. The van der Waals surface area contributed by atoms with Crippen molar-refractivity contribution < 1.29 is 8.42 Å². The fourth-order valence-electron chi connectivity index (χ4n) is 2.17. The van der Waals surface area contributed by atoms with Crippen molar-refractivity contribution in [1.82, 2.24) is 9.21 Å². The molecule has 1 unspecified atom stereocenters. The molecule has 0 amide bonds. The summed E-state index contributed by atoms with van der Waals surface area (Å²) in [5.41, 5.74) is 5.71. The summed E-state index contributed by atoms with van der Waals surface area (Å²) in [5.74, 6) is 0. The van der Waals surface area contributed by atoms with E-state index in [1.165, 1.54) is 11.3 Å². The van der Waals surface area contributed by atoms with E-state index in [-0.39, 0.29) is 6.04 Å². The van der Waals surface area contributed by atoms with E-state index >= 15 is 0 Å². The van der Waals surface area contributed by atoms with Crippen molar-refractivity contribution in [3.8, 4) is 0 Å². The number of nitrogens with zero attached hydrogens (tertiary/aromatic N) is 2. The minimum absolute atomic E-state index is 0.129. The van der Waals surface area contributed by atoms with Crippen LogP contribution < -0.4 is 5.73 Å². The molecule has 5 nitrogen and oxygen atoms in total. The molecule has 0 saturated carbocycles. The highest BCUT2D eigenvalue weighted by molar-refractivity contribution is 7.91. The standard InChI is InChI=1S/C11H19N3O2S2/c1-9-3-4-11(17-9)18(15,16)14-6-5-13(2)8-10(14)7-12/h3-4,10H,5-8,12H2,1-2H3. The predicted octanol–water partition coefficient (Wildman–Crippen LogP) is 0.320. The maximum absolute atomic E-state index is 12.5. The molecule has 2 rings (SSSR count). The van der Waals surface area contributed by atoms with Gasteiger partial charge < -0.3 is 10.6 Å². The molecule has 18 heavy (non-hydrogen) atoms. The fourth-order valence-corrected chi connectivity index (χ4v) is 5.20. The van der Waals surface area contributed by atoms with Crippen molar-refractivity contribution in [2.24, 2.45) is 5.73 Å². The third kappa shape index (κ3) is 2.60. The maximum atomic E-state index is 12.5. The van der Waals surface area contributed by atoms with Crippen LogP contribution in [-0.4, -0.2) is 56.9 Å². The molecule has 1 aliphatic rings. The predicted molar refractivity (Wildman–Crippen MR) is 73.3 cm³/mol. The van der Waals surface area contributed by atoms with Crippen molar-refractivity contribution in [3.05, 3.63) is 17.0 Å². The number of sulfonamides is 1. The molecule has 1 aromatic heterocycles. The van der Waals surface area contributed by atoms with Gasteiger partial charge in [-0.25, -0.2) is 8.42 Å². The third-order valence-corrected chi connectivity index (χ3v) is 6.60. The van der Waals surface area contributed by atoms with Crippen LogP contribution in [0.4, 0.5) is 0 Å². The molecule has 0 radical (unpaired) electrons. The number of nitrogens with two attached hydrogens (primary N) is 1. The first-order valence-corrected chi connectivity index (χ1v) is 8.17. The van der Waals surface area contributed by atoms with Crippen LogP contribution in [0.2, 0.25) is 0 Å². The van der Waals surface area contributed by atoms with Crippen LogP contribution in [-0.2, 0) is 10.0 Å². The number of piperazine rings is 1. The molecule has 102 valence electrons. The highest BCUT2D eigenvalue weighted by Crippen LogP contribution is 2.26. The Morgan fingerprint density at radius 3 is 2.72 bits per heavy atom. The van der Waals surface area contributed by atoms with Crippen LogP contribution in [0.25, 0.3) is 0 Å². The van der Waals surface area contributed by atoms with Crippen LogP contribution in [0.15, 0.2) is 16.3 Å². The van der Waals surface area contributed by atoms with E-state index in [0.29, 0.717) is 23.8 Å². The summed E-state index contributed by atoms with van der Waals surface area (Å²) in [5, 5.41) is 0. The molecule has 1 fully saturated rings. The molecule has 1 saturated heterocycles. The molecule has 2 heterocycles. The molecule has 1 atom stereocenters. The van der Waals surface area contributed by atoms with Crippen molar-refractivity contribution in [2.75, 3.05) is 33.2 Å². The van der Waals surface area contributed by atoms with Gasteiger partial charge >= 0.3 is 0 Å². The molecular weight excluding hydrogens is 270 g/mol. The number of likely N-dealkylation sites (N-methyl/N-ethyl adjacent to an activating group) is 1. The number of aryl methyl sites for hydroxylation is 1. The molecule has 1 aliphatic heterocycles. The zero-order valence-electron chi connectivity index (χ0n) is 10.7. The smallest absolute Gasteiger partial charge is 0.252 e. The SMILES string of the molecule is Cc1ccc(S(=O)(=O)N2CCN(C)CC2CN)s1. The Bertz CT molecular complexity index is 512. The van der Waals surface area contributed by atoms with Crippen molar-refractivity contribution in [1.29, 1.82) is 0 Å². The van der Waals surface area contributed by atoms with Crippen molar-refractivity contribution in [2.45, 2.75) is 17.2 Å². The molecule has 0 bridgehead atoms. The zero-order valence-corrected chi connectivity index (χ0v) is 12.3. The fraction of sp³-hybridized carbons (Fsp3) is 0.636. The number of thiophene rings is 1. The first kappa shape index (κ1) is 14.0. The van der Waals surface area contributed by atoms with Crippen LogP contribution in [0, 0.1) is 6.92 Å². The Morgan fingerprint density at radius 1 is 1.44 bits per heavy atom. The van der Waals surface area contributed by atoms with Gasteiger partial charge in [0.25, 0.3) is 10.0 Å². The van der Waals surface area contributed by atoms with Gasteiger partial charge in [-0.15, -0.1) is 11.3 Å². The molecular formula is C11H19N3O2S2. The summed E-state index contributed by atoms with van der Waals surface area (Å²) in [6.07, 6.45) is 0. The Kier molecular flexibility index (Phi) is 4.08. The lowest BCUT2D eigenvalue weighted by atomic mass is 10.2. The monoisotopic (exact) mass is 289 g/mol. The number of hydrogen-bond donors (Lipinski definition) is 1. The van der Waals surface area contributed by atoms with Crippen LogP contribution >= 0.6 is 11.3 Å². The molecule has 7 heteroatoms. The van der Waals surface area contributed by atoms with Crippen LogP contribution in [0.5, 0.6) is 0 Å². The second kappa shape index (κ2) is 5.26. The van der Waals surface area contributed by atoms with Gasteiger partial charge in [0.15, 0.2) is 0 Å². The van der Waals surface area contributed by atoms with E-state index in [1.54, 1.807) is 10.4 Å². The first-order valence-electron chi connectivity index (χ1n) is 5.92. The van der Waals surface area contributed by atoms with Crippen molar-refractivity contribution >= 4 is 21.4 Å². The summed E-state index contributed by atoms with van der Waals surface area (Å²) < 4.78 is 27.1. The van der Waals surface area contributed by atoms with Gasteiger partial charge in [-0.05, 0) is 26.1 Å². The van der Waals surface area contributed by atoms with E-state index in [4.69, 9.17) is 5.73 Å². The van der Waals surface area contributed by atoms with Crippen molar-refractivity contribution in [3.63, 3.8) is 0 Å². The van der Waals surface area contributed by atoms with Gasteiger partial charge in [-0.2, -0.15) is 4.31 Å². The third-order valence-electron chi connectivity index (χ3n) is 3.18. The Morgan fingerprint density at radius 2 is 2.17 bits per heavy atom. The molecule has 1 aromatic rings. The highest BCUT2D eigenvalue weighted by atomic mass is 32.2. The molecule has 2 N–H and O–H groups in total. The van der Waals surface area contributed by atoms with Gasteiger partial charge in [0.05, 0.1) is 6.04 Å². The Labute approximate surface area is 112 Å². The summed E-state index contributed by atoms with van der Waals surface area (Å²) >= 11 is 1.32. The zero-order chi connectivity index (χ0) is 13.3. The summed E-state index contributed by atoms with van der Waals surface area (Å²) in [6, 6.07) is 3.39. The van der Waals surface area contributed by atoms with Gasteiger partial charge in [0.2, 0.25) is 0 Å². The molecule has 0 spiro atoms. The second-order valence-corrected chi connectivity index (χ2v) is 8.04. The van der Waals surface area contributed by atoms with E-state index in [2.05, 4.69) is 4.90 Å². The molecule has 0 aliphatic carbocycles. The Hall–Kier alpha value is -0.470. The molecule has 0 aromatic carbocycles. The average Bonchev–Trinajstić information content (AvgIpc) is 2.76. The number of hydrogen-bond acceptors (Lipinski definition) is 5. The van der Waals surface area contributed by atoms with E-state index in [0.717, 1.165) is 11.4 Å². The Balaban J connectivity index is 2.29.